The van der Waals surface area contributed by atoms with Crippen LogP contribution in [0.15, 0.2) is 0 Å². The minimum atomic E-state index is -3.24. The topological polar surface area (TPSA) is 66.5 Å². The van der Waals surface area contributed by atoms with Crippen LogP contribution in [-0.4, -0.2) is 49.9 Å². The SMILES string of the molecule is CC(C)C(Br)C(=O)NCCS(=O)(=O)N(C)C. The molecule has 1 unspecified atom stereocenters. The number of nitrogens with one attached hydrogen (secondary N) is 1. The first-order chi connectivity index (χ1) is 7.18. The molecule has 16 heavy (non-hydrogen) atoms. The average molecular weight is 315 g/mol. The van der Waals surface area contributed by atoms with Crippen molar-refractivity contribution >= 4 is 31.9 Å². The van der Waals surface area contributed by atoms with Crippen LogP contribution in [0.2, 0.25) is 0 Å². The van der Waals surface area contributed by atoms with Gasteiger partial charge in [-0.3, -0.25) is 4.79 Å². The zero-order valence-electron chi connectivity index (χ0n) is 10.0. The number of nitrogens with zero attached hydrogens (tertiary/aromatic N) is 1. The summed E-state index contributed by atoms with van der Waals surface area (Å²) in [7, 11) is -0.295. The van der Waals surface area contributed by atoms with Crippen molar-refractivity contribution in [3.8, 4) is 0 Å². The van der Waals surface area contributed by atoms with Crippen LogP contribution in [0, 0.1) is 5.92 Å². The Morgan fingerprint density at radius 3 is 2.25 bits per heavy atom. The van der Waals surface area contributed by atoms with E-state index in [4.69, 9.17) is 0 Å². The molecule has 0 bridgehead atoms. The Morgan fingerprint density at radius 2 is 1.88 bits per heavy atom. The van der Waals surface area contributed by atoms with Crippen molar-refractivity contribution < 1.29 is 13.2 Å². The molecule has 5 nitrogen and oxygen atoms in total. The minimum absolute atomic E-state index is 0.0798. The van der Waals surface area contributed by atoms with E-state index in [1.54, 1.807) is 0 Å². The molecular weight excluding hydrogens is 296 g/mol. The molecule has 0 heterocycles. The molecule has 0 aromatic rings. The summed E-state index contributed by atoms with van der Waals surface area (Å²) in [6, 6.07) is 0. The third-order valence-corrected chi connectivity index (χ3v) is 5.36. The fourth-order valence-electron chi connectivity index (χ4n) is 0.886. The van der Waals surface area contributed by atoms with Crippen LogP contribution in [0.1, 0.15) is 13.8 Å². The molecule has 96 valence electrons. The Morgan fingerprint density at radius 1 is 1.38 bits per heavy atom. The number of hydrogen-bond donors (Lipinski definition) is 1. The van der Waals surface area contributed by atoms with Crippen LogP contribution in [0.4, 0.5) is 0 Å². The second-order valence-electron chi connectivity index (χ2n) is 4.04. The standard InChI is InChI=1S/C9H19BrN2O3S/c1-7(2)8(10)9(13)11-5-6-16(14,15)12(3)4/h7-8H,5-6H2,1-4H3,(H,11,13). The normalized spacial score (nSPS) is 14.2. The first kappa shape index (κ1) is 15.9. The predicted octanol–water partition coefficient (Wildman–Crippen LogP) is 0.414. The second-order valence-corrected chi connectivity index (χ2v) is 7.32. The van der Waals surface area contributed by atoms with Gasteiger partial charge in [0.2, 0.25) is 15.9 Å². The van der Waals surface area contributed by atoms with Crippen molar-refractivity contribution in [3.05, 3.63) is 0 Å². The van der Waals surface area contributed by atoms with Crippen LogP contribution in [-0.2, 0) is 14.8 Å². The summed E-state index contributed by atoms with van der Waals surface area (Å²) in [5.41, 5.74) is 0. The summed E-state index contributed by atoms with van der Waals surface area (Å²) in [5.74, 6) is -0.0850. The van der Waals surface area contributed by atoms with Crippen LogP contribution >= 0.6 is 15.9 Å². The smallest absolute Gasteiger partial charge is 0.234 e. The summed E-state index contributed by atoms with van der Waals surface area (Å²) in [5, 5.41) is 2.58. The van der Waals surface area contributed by atoms with Gasteiger partial charge in [0.05, 0.1) is 10.6 Å². The lowest BCUT2D eigenvalue weighted by Gasteiger charge is -2.15. The Balaban J connectivity index is 4.06. The molecule has 1 N–H and O–H groups in total. The molecule has 0 fully saturated rings. The number of amides is 1. The molecule has 7 heteroatoms. The van der Waals surface area contributed by atoms with Gasteiger partial charge < -0.3 is 5.32 Å². The number of sulfonamides is 1. The van der Waals surface area contributed by atoms with E-state index in [-0.39, 0.29) is 28.9 Å². The van der Waals surface area contributed by atoms with Gasteiger partial charge in [-0.15, -0.1) is 0 Å². The van der Waals surface area contributed by atoms with E-state index in [0.717, 1.165) is 4.31 Å². The largest absolute Gasteiger partial charge is 0.354 e. The highest BCUT2D eigenvalue weighted by atomic mass is 79.9. The van der Waals surface area contributed by atoms with Gasteiger partial charge in [-0.1, -0.05) is 29.8 Å². The van der Waals surface area contributed by atoms with Gasteiger partial charge in [0.1, 0.15) is 0 Å². The van der Waals surface area contributed by atoms with Gasteiger partial charge >= 0.3 is 0 Å². The van der Waals surface area contributed by atoms with Crippen molar-refractivity contribution in [1.82, 2.24) is 9.62 Å². The quantitative estimate of drug-likeness (QED) is 0.722. The van der Waals surface area contributed by atoms with Gasteiger partial charge in [-0.25, -0.2) is 12.7 Å². The number of halogens is 1. The maximum absolute atomic E-state index is 11.5. The lowest BCUT2D eigenvalue weighted by molar-refractivity contribution is -0.120. The van der Waals surface area contributed by atoms with Crippen LogP contribution in [0.5, 0.6) is 0 Å². The molecule has 1 atom stereocenters. The van der Waals surface area contributed by atoms with Gasteiger partial charge in [0, 0.05) is 20.6 Å². The number of alkyl halides is 1. The minimum Gasteiger partial charge on any atom is -0.354 e. The molecule has 1 amide bonds. The molecule has 0 aliphatic carbocycles. The molecule has 0 rings (SSSR count). The van der Waals surface area contributed by atoms with Crippen LogP contribution in [0.3, 0.4) is 0 Å². The van der Waals surface area contributed by atoms with Crippen molar-refractivity contribution in [1.29, 1.82) is 0 Å². The molecule has 0 spiro atoms. The van der Waals surface area contributed by atoms with E-state index >= 15 is 0 Å². The summed E-state index contributed by atoms with van der Waals surface area (Å²) >= 11 is 3.25. The average Bonchev–Trinajstić information content (AvgIpc) is 2.15. The Hall–Kier alpha value is -0.140. The highest BCUT2D eigenvalue weighted by Crippen LogP contribution is 2.11. The van der Waals surface area contributed by atoms with Gasteiger partial charge in [-0.05, 0) is 5.92 Å². The zero-order valence-corrected chi connectivity index (χ0v) is 12.4. The highest BCUT2D eigenvalue weighted by Gasteiger charge is 2.19. The molecule has 0 aliphatic rings. The van der Waals surface area contributed by atoms with E-state index in [1.165, 1.54) is 14.1 Å². The molecule has 0 aromatic carbocycles. The zero-order chi connectivity index (χ0) is 12.9. The fraction of sp³-hybridized carbons (Fsp3) is 0.889. The monoisotopic (exact) mass is 314 g/mol. The fourth-order valence-corrected chi connectivity index (χ4v) is 1.77. The molecule has 0 saturated heterocycles. The van der Waals surface area contributed by atoms with Crippen molar-refractivity contribution in [3.63, 3.8) is 0 Å². The lowest BCUT2D eigenvalue weighted by Crippen LogP contribution is -2.38. The van der Waals surface area contributed by atoms with E-state index < -0.39 is 10.0 Å². The first-order valence-corrected chi connectivity index (χ1v) is 7.53. The highest BCUT2D eigenvalue weighted by molar-refractivity contribution is 9.10. The second kappa shape index (κ2) is 6.56. The van der Waals surface area contributed by atoms with Crippen molar-refractivity contribution in [2.45, 2.75) is 18.7 Å². The maximum Gasteiger partial charge on any atom is 0.234 e. The maximum atomic E-state index is 11.5. The lowest BCUT2D eigenvalue weighted by atomic mass is 10.1. The molecule has 0 aromatic heterocycles. The summed E-state index contributed by atoms with van der Waals surface area (Å²) in [6.45, 7) is 3.96. The Kier molecular flexibility index (Phi) is 6.50. The third-order valence-electron chi connectivity index (χ3n) is 2.05. The van der Waals surface area contributed by atoms with E-state index in [1.807, 2.05) is 13.8 Å². The molecule has 0 saturated carbocycles. The third kappa shape index (κ3) is 5.27. The van der Waals surface area contributed by atoms with Gasteiger partial charge in [-0.2, -0.15) is 0 Å². The summed E-state index contributed by atoms with van der Waals surface area (Å²) < 4.78 is 23.9. The van der Waals surface area contributed by atoms with Crippen LogP contribution < -0.4 is 5.32 Å². The van der Waals surface area contributed by atoms with E-state index in [2.05, 4.69) is 21.2 Å². The van der Waals surface area contributed by atoms with Gasteiger partial charge in [0.25, 0.3) is 0 Å². The number of rotatable bonds is 6. The van der Waals surface area contributed by atoms with Crippen molar-refractivity contribution in [2.24, 2.45) is 5.92 Å². The number of hydrogen-bond acceptors (Lipinski definition) is 3. The molecular formula is C9H19BrN2O3S. The predicted molar refractivity (Wildman–Crippen MR) is 68.0 cm³/mol. The van der Waals surface area contributed by atoms with E-state index in [9.17, 15) is 13.2 Å². The number of carbonyl (C=O) groups excluding carboxylic acids is 1. The van der Waals surface area contributed by atoms with Crippen LogP contribution in [0.25, 0.3) is 0 Å². The van der Waals surface area contributed by atoms with Crippen molar-refractivity contribution in [2.75, 3.05) is 26.4 Å². The summed E-state index contributed by atoms with van der Waals surface area (Å²) in [6.07, 6.45) is 0. The Bertz CT molecular complexity index is 328. The van der Waals surface area contributed by atoms with Gasteiger partial charge in [0.15, 0.2) is 0 Å². The molecule has 0 aliphatic heterocycles. The summed E-state index contributed by atoms with van der Waals surface area (Å²) in [4.78, 5) is 11.2. The number of carbonyl (C=O) groups is 1. The first-order valence-electron chi connectivity index (χ1n) is 5.00. The molecule has 0 radical (unpaired) electrons. The Labute approximate surface area is 106 Å². The van der Waals surface area contributed by atoms with E-state index in [0.29, 0.717) is 0 Å².